The van der Waals surface area contributed by atoms with Crippen LogP contribution in [0.2, 0.25) is 0 Å². The number of benzene rings is 1. The maximum absolute atomic E-state index is 11.5. The molecular formula is C15H18N4O3S. The summed E-state index contributed by atoms with van der Waals surface area (Å²) < 4.78 is 28.3. The van der Waals surface area contributed by atoms with Crippen LogP contribution >= 0.6 is 0 Å². The summed E-state index contributed by atoms with van der Waals surface area (Å²) in [4.78, 5) is 8.55. The first-order valence-corrected chi connectivity index (χ1v) is 9.08. The van der Waals surface area contributed by atoms with Crippen molar-refractivity contribution in [2.24, 2.45) is 0 Å². The zero-order valence-corrected chi connectivity index (χ0v) is 13.5. The van der Waals surface area contributed by atoms with E-state index in [0.717, 1.165) is 5.69 Å². The summed E-state index contributed by atoms with van der Waals surface area (Å²) in [6, 6.07) is 9.09. The van der Waals surface area contributed by atoms with Crippen molar-refractivity contribution >= 4 is 27.3 Å². The minimum Gasteiger partial charge on any atom is -0.495 e. The van der Waals surface area contributed by atoms with Crippen LogP contribution in [0, 0.1) is 0 Å². The van der Waals surface area contributed by atoms with E-state index in [4.69, 9.17) is 4.74 Å². The molecule has 7 nitrogen and oxygen atoms in total. The van der Waals surface area contributed by atoms with E-state index in [9.17, 15) is 8.42 Å². The van der Waals surface area contributed by atoms with Crippen molar-refractivity contribution in [3.63, 3.8) is 0 Å². The molecule has 0 amide bonds. The van der Waals surface area contributed by atoms with Crippen molar-refractivity contribution in [3.8, 4) is 5.75 Å². The number of methoxy groups -OCH3 is 1. The second kappa shape index (κ2) is 6.41. The summed E-state index contributed by atoms with van der Waals surface area (Å²) in [7, 11) is -1.32. The Labute approximate surface area is 135 Å². The second-order valence-electron chi connectivity index (χ2n) is 5.34. The zero-order chi connectivity index (χ0) is 16.3. The van der Waals surface area contributed by atoms with E-state index < -0.39 is 9.84 Å². The lowest BCUT2D eigenvalue weighted by Crippen LogP contribution is -2.21. The predicted octanol–water partition coefficient (Wildman–Crippen LogP) is 1.83. The van der Waals surface area contributed by atoms with Gasteiger partial charge in [-0.2, -0.15) is 4.98 Å². The number of nitrogens with one attached hydrogen (secondary N) is 2. The molecule has 1 unspecified atom stereocenters. The molecule has 2 aromatic rings. The Morgan fingerprint density at radius 2 is 2.09 bits per heavy atom. The molecule has 1 saturated heterocycles. The van der Waals surface area contributed by atoms with E-state index in [0.29, 0.717) is 23.9 Å². The Kier molecular flexibility index (Phi) is 4.33. The van der Waals surface area contributed by atoms with Crippen molar-refractivity contribution in [2.75, 3.05) is 29.2 Å². The first-order chi connectivity index (χ1) is 11.1. The highest BCUT2D eigenvalue weighted by Gasteiger charge is 2.27. The lowest BCUT2D eigenvalue weighted by atomic mass is 10.2. The average Bonchev–Trinajstić information content (AvgIpc) is 2.87. The molecule has 23 heavy (non-hydrogen) atoms. The zero-order valence-electron chi connectivity index (χ0n) is 12.7. The predicted molar refractivity (Wildman–Crippen MR) is 89.0 cm³/mol. The van der Waals surface area contributed by atoms with Crippen LogP contribution < -0.4 is 15.4 Å². The molecule has 1 atom stereocenters. The van der Waals surface area contributed by atoms with Gasteiger partial charge in [0, 0.05) is 12.2 Å². The van der Waals surface area contributed by atoms with Crippen LogP contribution in [-0.2, 0) is 9.84 Å². The van der Waals surface area contributed by atoms with Gasteiger partial charge in [0.05, 0.1) is 24.3 Å². The van der Waals surface area contributed by atoms with Gasteiger partial charge in [-0.1, -0.05) is 12.1 Å². The summed E-state index contributed by atoms with van der Waals surface area (Å²) in [5.74, 6) is 2.07. The van der Waals surface area contributed by atoms with Gasteiger partial charge < -0.3 is 15.4 Å². The highest BCUT2D eigenvalue weighted by Crippen LogP contribution is 2.26. The summed E-state index contributed by atoms with van der Waals surface area (Å²) in [6.07, 6.45) is 2.22. The highest BCUT2D eigenvalue weighted by molar-refractivity contribution is 7.91. The van der Waals surface area contributed by atoms with Gasteiger partial charge in [0.2, 0.25) is 5.95 Å². The van der Waals surface area contributed by atoms with E-state index in [1.165, 1.54) is 0 Å². The van der Waals surface area contributed by atoms with Crippen LogP contribution in [0.4, 0.5) is 17.5 Å². The van der Waals surface area contributed by atoms with E-state index in [-0.39, 0.29) is 17.5 Å². The number of nitrogens with zero attached hydrogens (tertiary/aromatic N) is 2. The highest BCUT2D eigenvalue weighted by atomic mass is 32.2. The molecule has 3 rings (SSSR count). The van der Waals surface area contributed by atoms with Crippen LogP contribution in [0.5, 0.6) is 5.75 Å². The van der Waals surface area contributed by atoms with E-state index >= 15 is 0 Å². The Hall–Kier alpha value is -2.35. The normalized spacial score (nSPS) is 19.3. The molecule has 0 spiro atoms. The first kappa shape index (κ1) is 15.5. The molecule has 8 heteroatoms. The Balaban J connectivity index is 1.73. The van der Waals surface area contributed by atoms with Crippen LogP contribution in [0.3, 0.4) is 0 Å². The topological polar surface area (TPSA) is 93.2 Å². The average molecular weight is 334 g/mol. The van der Waals surface area contributed by atoms with Gasteiger partial charge in [-0.25, -0.2) is 13.4 Å². The Morgan fingerprint density at radius 3 is 2.83 bits per heavy atom. The second-order valence-corrected chi connectivity index (χ2v) is 7.56. The molecule has 122 valence electrons. The number of rotatable bonds is 5. The smallest absolute Gasteiger partial charge is 0.229 e. The number of ether oxygens (including phenoxy) is 1. The lowest BCUT2D eigenvalue weighted by molar-refractivity contribution is 0.417. The number of hydrogen-bond acceptors (Lipinski definition) is 7. The van der Waals surface area contributed by atoms with E-state index in [2.05, 4.69) is 20.6 Å². The number of sulfone groups is 1. The Bertz CT molecular complexity index is 795. The molecule has 2 N–H and O–H groups in total. The summed E-state index contributed by atoms with van der Waals surface area (Å²) in [6.45, 7) is 0. The molecular weight excluding hydrogens is 316 g/mol. The van der Waals surface area contributed by atoms with Gasteiger partial charge >= 0.3 is 0 Å². The molecule has 0 saturated carbocycles. The summed E-state index contributed by atoms with van der Waals surface area (Å²) >= 11 is 0. The van der Waals surface area contributed by atoms with Crippen molar-refractivity contribution in [3.05, 3.63) is 36.5 Å². The minimum absolute atomic E-state index is 0.103. The molecule has 1 aromatic carbocycles. The fourth-order valence-electron chi connectivity index (χ4n) is 2.49. The summed E-state index contributed by atoms with van der Waals surface area (Å²) in [5.41, 5.74) is 0.760. The van der Waals surface area contributed by atoms with Gasteiger partial charge in [0.25, 0.3) is 0 Å². The third-order valence-corrected chi connectivity index (χ3v) is 5.36. The van der Waals surface area contributed by atoms with Crippen LogP contribution in [0.1, 0.15) is 6.42 Å². The van der Waals surface area contributed by atoms with Gasteiger partial charge in [-0.3, -0.25) is 0 Å². The largest absolute Gasteiger partial charge is 0.495 e. The number of aromatic nitrogens is 2. The number of para-hydroxylation sites is 2. The summed E-state index contributed by atoms with van der Waals surface area (Å²) in [5, 5.41) is 6.25. The van der Waals surface area contributed by atoms with Crippen LogP contribution in [-0.4, -0.2) is 43.0 Å². The Morgan fingerprint density at radius 1 is 1.26 bits per heavy atom. The van der Waals surface area contributed by atoms with Crippen molar-refractivity contribution < 1.29 is 13.2 Å². The molecule has 2 heterocycles. The molecule has 0 radical (unpaired) electrons. The molecule has 1 aliphatic rings. The SMILES string of the molecule is COc1ccccc1Nc1nccc(NC2CCS(=O)(=O)C2)n1. The maximum atomic E-state index is 11.5. The standard InChI is InChI=1S/C15H18N4O3S/c1-22-13-5-3-2-4-12(13)18-15-16-8-6-14(19-15)17-11-7-9-23(20,21)10-11/h2-6,8,11H,7,9-10H2,1H3,(H2,16,17,18,19). The lowest BCUT2D eigenvalue weighted by Gasteiger charge is -2.13. The quantitative estimate of drug-likeness (QED) is 0.861. The van der Waals surface area contributed by atoms with Gasteiger partial charge in [0.15, 0.2) is 9.84 Å². The van der Waals surface area contributed by atoms with Gasteiger partial charge in [-0.05, 0) is 24.6 Å². The third-order valence-electron chi connectivity index (χ3n) is 3.59. The molecule has 0 aliphatic carbocycles. The van der Waals surface area contributed by atoms with Gasteiger partial charge in [-0.15, -0.1) is 0 Å². The van der Waals surface area contributed by atoms with E-state index in [1.54, 1.807) is 19.4 Å². The maximum Gasteiger partial charge on any atom is 0.229 e. The molecule has 1 aromatic heterocycles. The fraction of sp³-hybridized carbons (Fsp3) is 0.333. The van der Waals surface area contributed by atoms with Crippen molar-refractivity contribution in [1.29, 1.82) is 0 Å². The van der Waals surface area contributed by atoms with Crippen molar-refractivity contribution in [1.82, 2.24) is 9.97 Å². The monoisotopic (exact) mass is 334 g/mol. The minimum atomic E-state index is -2.92. The number of hydrogen-bond donors (Lipinski definition) is 2. The van der Waals surface area contributed by atoms with Crippen LogP contribution in [0.15, 0.2) is 36.5 Å². The third kappa shape index (κ3) is 3.89. The molecule has 1 fully saturated rings. The first-order valence-electron chi connectivity index (χ1n) is 7.26. The molecule has 0 bridgehead atoms. The van der Waals surface area contributed by atoms with Crippen molar-refractivity contribution in [2.45, 2.75) is 12.5 Å². The fourth-order valence-corrected chi connectivity index (χ4v) is 4.16. The van der Waals surface area contributed by atoms with Gasteiger partial charge in [0.1, 0.15) is 11.6 Å². The number of anilines is 3. The van der Waals surface area contributed by atoms with Crippen LogP contribution in [0.25, 0.3) is 0 Å². The molecule has 1 aliphatic heterocycles. The van der Waals surface area contributed by atoms with E-state index in [1.807, 2.05) is 24.3 Å².